The summed E-state index contributed by atoms with van der Waals surface area (Å²) in [5, 5.41) is 63.4. The fourth-order valence-electron chi connectivity index (χ4n) is 10.4. The van der Waals surface area contributed by atoms with Gasteiger partial charge in [-0.25, -0.2) is 4.79 Å². The topological polar surface area (TPSA) is 252 Å². The first-order valence-electron chi connectivity index (χ1n) is 16.7. The lowest BCUT2D eigenvalue weighted by Gasteiger charge is -2.67. The van der Waals surface area contributed by atoms with Crippen LogP contribution in [0.5, 0.6) is 0 Å². The van der Waals surface area contributed by atoms with E-state index in [0.29, 0.717) is 0 Å². The number of furan rings is 1. The van der Waals surface area contributed by atoms with Crippen LogP contribution in [0.2, 0.25) is 0 Å². The lowest BCUT2D eigenvalue weighted by Crippen LogP contribution is -2.76. The fraction of sp³-hybridized carbons (Fsp3) is 0.765. The number of carbonyl (C=O) groups excluding carboxylic acids is 3. The molecule has 1 spiro atoms. The average molecular weight is 711 g/mol. The highest BCUT2D eigenvalue weighted by Gasteiger charge is 2.92. The quantitative estimate of drug-likeness (QED) is 0.147. The molecule has 6 rings (SSSR count). The van der Waals surface area contributed by atoms with Crippen molar-refractivity contribution in [1.29, 1.82) is 0 Å². The standard InChI is InChI=1S/C34H46O16/c1-15(36)46-21(12-22(38)39)31(5)18-7-9-30(4)33(32(18,6)20(37)11-19(31)29(2,3)44)26(48-33)27(43)49-34(30,16-8-10-45-14-16)50-28-25(42)24(41)23(40)17(13-35)47-28/h8,10,14,17-19,21,23-26,28,35,40-42,44H,7,9,11-13H2,1-6H3,(H,38,39)/t17-,18-,19+,21+,23-,24+,25-,26-,28+,30-,31-,32+,33-,34-/m1/s1. The summed E-state index contributed by atoms with van der Waals surface area (Å²) in [7, 11) is 0. The fourth-order valence-corrected chi connectivity index (χ4v) is 10.4. The number of aliphatic carboxylic acids is 1. The number of rotatable bonds is 9. The molecule has 1 aromatic heterocycles. The Bertz CT molecular complexity index is 1520. The molecule has 1 aromatic rings. The van der Waals surface area contributed by atoms with E-state index in [0.717, 1.165) is 6.92 Å². The Balaban J connectivity index is 1.54. The summed E-state index contributed by atoms with van der Waals surface area (Å²) in [5.74, 6) is -7.31. The Hall–Kier alpha value is -2.96. The molecule has 5 fully saturated rings. The van der Waals surface area contributed by atoms with Gasteiger partial charge in [0.25, 0.3) is 5.79 Å². The molecule has 278 valence electrons. The number of esters is 2. The summed E-state index contributed by atoms with van der Waals surface area (Å²) >= 11 is 0. The van der Waals surface area contributed by atoms with Crippen LogP contribution in [-0.4, -0.2) is 115 Å². The molecule has 3 aliphatic heterocycles. The van der Waals surface area contributed by atoms with Crippen molar-refractivity contribution >= 4 is 23.7 Å². The minimum absolute atomic E-state index is 0.0565. The van der Waals surface area contributed by atoms with Crippen LogP contribution in [0.25, 0.3) is 0 Å². The molecule has 0 radical (unpaired) electrons. The van der Waals surface area contributed by atoms with Gasteiger partial charge in [-0.05, 0) is 52.5 Å². The van der Waals surface area contributed by atoms with E-state index in [2.05, 4.69) is 0 Å². The van der Waals surface area contributed by atoms with Crippen LogP contribution in [0.3, 0.4) is 0 Å². The van der Waals surface area contributed by atoms with Crippen molar-refractivity contribution < 1.29 is 77.9 Å². The number of carboxylic acid groups (broad SMARTS) is 1. The van der Waals surface area contributed by atoms with Crippen molar-refractivity contribution in [2.45, 2.75) is 127 Å². The zero-order valence-electron chi connectivity index (χ0n) is 28.7. The molecule has 6 N–H and O–H groups in total. The second-order valence-corrected chi connectivity index (χ2v) is 15.6. The van der Waals surface area contributed by atoms with Crippen molar-refractivity contribution in [3.8, 4) is 0 Å². The Labute approximate surface area is 287 Å². The molecule has 0 amide bonds. The zero-order chi connectivity index (χ0) is 37.0. The largest absolute Gasteiger partial charge is 0.481 e. The van der Waals surface area contributed by atoms with Gasteiger partial charge in [-0.1, -0.05) is 6.92 Å². The van der Waals surface area contributed by atoms with Gasteiger partial charge in [0.2, 0.25) is 0 Å². The number of carboxylic acids is 1. The molecule has 2 aliphatic carbocycles. The van der Waals surface area contributed by atoms with Gasteiger partial charge in [0.1, 0.15) is 48.2 Å². The molecule has 5 aliphatic rings. The molecule has 0 bridgehead atoms. The number of Topliss-reactive ketones (excluding diaryl/α,β-unsaturated/α-hetero) is 1. The third-order valence-corrected chi connectivity index (χ3v) is 12.7. The molecular formula is C34H46O16. The lowest BCUT2D eigenvalue weighted by molar-refractivity contribution is -0.410. The van der Waals surface area contributed by atoms with Crippen molar-refractivity contribution in [3.63, 3.8) is 0 Å². The van der Waals surface area contributed by atoms with Crippen molar-refractivity contribution in [3.05, 3.63) is 24.2 Å². The van der Waals surface area contributed by atoms with Crippen molar-refractivity contribution in [2.75, 3.05) is 6.61 Å². The van der Waals surface area contributed by atoms with Gasteiger partial charge in [-0.15, -0.1) is 0 Å². The molecule has 4 heterocycles. The number of ether oxygens (including phenoxy) is 5. The van der Waals surface area contributed by atoms with Crippen LogP contribution < -0.4 is 0 Å². The van der Waals surface area contributed by atoms with Crippen LogP contribution in [-0.2, 0) is 48.6 Å². The van der Waals surface area contributed by atoms with Crippen LogP contribution in [0, 0.1) is 28.1 Å². The molecule has 0 aromatic carbocycles. The van der Waals surface area contributed by atoms with Crippen LogP contribution in [0.4, 0.5) is 0 Å². The summed E-state index contributed by atoms with van der Waals surface area (Å²) in [4.78, 5) is 53.6. The summed E-state index contributed by atoms with van der Waals surface area (Å²) in [6, 6.07) is 1.45. The number of aliphatic hydroxyl groups is 5. The molecule has 16 heteroatoms. The van der Waals surface area contributed by atoms with E-state index in [1.165, 1.54) is 32.4 Å². The number of hydrogen-bond acceptors (Lipinski definition) is 15. The smallest absolute Gasteiger partial charge is 0.341 e. The molecule has 16 nitrogen and oxygen atoms in total. The number of carbonyl (C=O) groups is 4. The first kappa shape index (κ1) is 36.8. The van der Waals surface area contributed by atoms with Crippen LogP contribution in [0.15, 0.2) is 23.0 Å². The normalized spacial score (nSPS) is 46.1. The van der Waals surface area contributed by atoms with Gasteiger partial charge >= 0.3 is 17.9 Å². The van der Waals surface area contributed by atoms with E-state index in [1.54, 1.807) is 20.8 Å². The molecule has 3 saturated heterocycles. The first-order chi connectivity index (χ1) is 23.2. The summed E-state index contributed by atoms with van der Waals surface area (Å²) in [6.07, 6.45) is -9.42. The summed E-state index contributed by atoms with van der Waals surface area (Å²) < 4.78 is 35.8. The molecule has 50 heavy (non-hydrogen) atoms. The predicted octanol–water partition coefficient (Wildman–Crippen LogP) is 0.139. The summed E-state index contributed by atoms with van der Waals surface area (Å²) in [6.45, 7) is 8.43. The number of epoxide rings is 1. The minimum atomic E-state index is -2.23. The maximum absolute atomic E-state index is 14.8. The highest BCUT2D eigenvalue weighted by molar-refractivity contribution is 5.93. The number of fused-ring (bicyclic) bond motifs is 1. The zero-order valence-corrected chi connectivity index (χ0v) is 28.7. The number of hydrogen-bond donors (Lipinski definition) is 6. The average Bonchev–Trinajstić information content (AvgIpc) is 3.57. The SMILES string of the molecule is CC(=O)O[C@@H](CC(=O)O)[C@]1(C)[C@H]2CC[C@@]3(C)[C@](O[C@@H]4O[C@H](CO)[C@@H](O)[C@H](O)[C@H]4O)(c4ccoc4)OC(=O)[C@H]4O[C@]43[C@]2(C)C(=O)C[C@H]1C(C)(C)O. The Morgan fingerprint density at radius 2 is 1.78 bits per heavy atom. The van der Waals surface area contributed by atoms with E-state index in [4.69, 9.17) is 28.1 Å². The number of aliphatic hydroxyl groups excluding tert-OH is 4. The Morgan fingerprint density at radius 3 is 2.34 bits per heavy atom. The highest BCUT2D eigenvalue weighted by Crippen LogP contribution is 2.79. The third kappa shape index (κ3) is 4.72. The second kappa shape index (κ2) is 11.8. The van der Waals surface area contributed by atoms with E-state index < -0.39 is 119 Å². The predicted molar refractivity (Wildman–Crippen MR) is 163 cm³/mol. The van der Waals surface area contributed by atoms with Gasteiger partial charge < -0.3 is 58.7 Å². The third-order valence-electron chi connectivity index (χ3n) is 12.7. The van der Waals surface area contributed by atoms with Crippen molar-refractivity contribution in [2.24, 2.45) is 28.1 Å². The van der Waals surface area contributed by atoms with Gasteiger partial charge in [0.15, 0.2) is 12.4 Å². The van der Waals surface area contributed by atoms with Gasteiger partial charge in [-0.2, -0.15) is 0 Å². The summed E-state index contributed by atoms with van der Waals surface area (Å²) in [5.41, 5.74) is -7.63. The molecule has 14 atom stereocenters. The van der Waals surface area contributed by atoms with E-state index in [1.807, 2.05) is 0 Å². The number of cyclic esters (lactones) is 1. The molecular weight excluding hydrogens is 664 g/mol. The van der Waals surface area contributed by atoms with Crippen LogP contribution >= 0.6 is 0 Å². The number of ketones is 1. The molecule has 2 saturated carbocycles. The Morgan fingerprint density at radius 1 is 1.10 bits per heavy atom. The van der Waals surface area contributed by atoms with E-state index in [-0.39, 0.29) is 30.6 Å². The lowest BCUT2D eigenvalue weighted by atomic mass is 9.36. The maximum Gasteiger partial charge on any atom is 0.341 e. The Kier molecular flexibility index (Phi) is 8.67. The monoisotopic (exact) mass is 710 g/mol. The minimum Gasteiger partial charge on any atom is -0.481 e. The van der Waals surface area contributed by atoms with E-state index in [9.17, 15) is 49.8 Å². The van der Waals surface area contributed by atoms with E-state index >= 15 is 0 Å². The van der Waals surface area contributed by atoms with Crippen LogP contribution in [0.1, 0.15) is 72.8 Å². The first-order valence-corrected chi connectivity index (χ1v) is 16.7. The highest BCUT2D eigenvalue weighted by atomic mass is 16.8. The van der Waals surface area contributed by atoms with Crippen molar-refractivity contribution in [1.82, 2.24) is 0 Å². The second-order valence-electron chi connectivity index (χ2n) is 15.6. The molecule has 0 unspecified atom stereocenters. The van der Waals surface area contributed by atoms with Gasteiger partial charge in [-0.3, -0.25) is 14.4 Å². The van der Waals surface area contributed by atoms with Gasteiger partial charge in [0.05, 0.1) is 41.3 Å². The maximum atomic E-state index is 14.8. The van der Waals surface area contributed by atoms with Gasteiger partial charge in [0, 0.05) is 24.7 Å².